The lowest BCUT2D eigenvalue weighted by molar-refractivity contribution is -0.112. The van der Waals surface area contributed by atoms with Crippen molar-refractivity contribution in [2.45, 2.75) is 19.4 Å². The van der Waals surface area contributed by atoms with E-state index < -0.39 is 0 Å². The first-order valence-corrected chi connectivity index (χ1v) is 7.95. The Hall–Kier alpha value is -2.39. The second-order valence-corrected chi connectivity index (χ2v) is 6.26. The van der Waals surface area contributed by atoms with Crippen LogP contribution >= 0.6 is 0 Å². The highest BCUT2D eigenvalue weighted by atomic mass is 16.1. The fourth-order valence-electron chi connectivity index (χ4n) is 2.88. The number of rotatable bonds is 4. The molecule has 0 heterocycles. The van der Waals surface area contributed by atoms with Crippen LogP contribution in [0, 0.1) is 0 Å². The zero-order valence-electron chi connectivity index (χ0n) is 13.7. The van der Waals surface area contributed by atoms with Crippen LogP contribution in [0.1, 0.15) is 23.1 Å². The lowest BCUT2D eigenvalue weighted by atomic mass is 9.92. The number of nitrogens with zero attached hydrogens (tertiary/aromatic N) is 1. The fraction of sp³-hybridized carbons (Fsp3) is 0.250. The van der Waals surface area contributed by atoms with Gasteiger partial charge in [-0.2, -0.15) is 0 Å². The highest BCUT2D eigenvalue weighted by Crippen LogP contribution is 2.24. The number of fused-ring (bicyclic) bond motifs is 1. The number of amides is 1. The summed E-state index contributed by atoms with van der Waals surface area (Å²) in [5.41, 5.74) is 5.40. The highest BCUT2D eigenvalue weighted by molar-refractivity contribution is 6.07. The molecule has 3 nitrogen and oxygen atoms in total. The van der Waals surface area contributed by atoms with E-state index >= 15 is 0 Å². The predicted octanol–water partition coefficient (Wildman–Crippen LogP) is 3.72. The van der Waals surface area contributed by atoms with E-state index in [2.05, 4.69) is 34.5 Å². The van der Waals surface area contributed by atoms with Crippen LogP contribution < -0.4 is 5.32 Å². The minimum absolute atomic E-state index is 0.000127. The predicted molar refractivity (Wildman–Crippen MR) is 95.2 cm³/mol. The van der Waals surface area contributed by atoms with E-state index in [1.54, 1.807) is 0 Å². The van der Waals surface area contributed by atoms with Gasteiger partial charge in [0.2, 0.25) is 0 Å². The van der Waals surface area contributed by atoms with E-state index in [1.807, 2.05) is 44.4 Å². The molecule has 2 aromatic rings. The molecule has 0 unspecified atom stereocenters. The molecule has 0 radical (unpaired) electrons. The molecule has 1 aliphatic rings. The molecule has 2 aromatic carbocycles. The monoisotopic (exact) mass is 306 g/mol. The summed E-state index contributed by atoms with van der Waals surface area (Å²) in [6.07, 6.45) is 3.73. The van der Waals surface area contributed by atoms with Crippen molar-refractivity contribution in [2.24, 2.45) is 0 Å². The fourth-order valence-corrected chi connectivity index (χ4v) is 2.88. The molecule has 1 aliphatic carbocycles. The Bertz CT molecular complexity index is 730. The Morgan fingerprint density at radius 1 is 1.04 bits per heavy atom. The van der Waals surface area contributed by atoms with Crippen molar-refractivity contribution in [2.75, 3.05) is 19.4 Å². The van der Waals surface area contributed by atoms with Crippen LogP contribution in [0.2, 0.25) is 0 Å². The summed E-state index contributed by atoms with van der Waals surface area (Å²) in [7, 11) is 4.09. The third-order valence-corrected chi connectivity index (χ3v) is 4.05. The van der Waals surface area contributed by atoms with E-state index in [4.69, 9.17) is 0 Å². The summed E-state index contributed by atoms with van der Waals surface area (Å²) in [5, 5.41) is 3.00. The highest BCUT2D eigenvalue weighted by Gasteiger charge is 2.15. The maximum atomic E-state index is 12.5. The zero-order chi connectivity index (χ0) is 16.2. The topological polar surface area (TPSA) is 32.3 Å². The second-order valence-electron chi connectivity index (χ2n) is 6.26. The first-order valence-electron chi connectivity index (χ1n) is 7.95. The molecule has 0 aromatic heterocycles. The Labute approximate surface area is 137 Å². The zero-order valence-corrected chi connectivity index (χ0v) is 13.7. The van der Waals surface area contributed by atoms with Gasteiger partial charge in [-0.1, -0.05) is 36.4 Å². The van der Waals surface area contributed by atoms with Gasteiger partial charge in [0, 0.05) is 17.8 Å². The van der Waals surface area contributed by atoms with Gasteiger partial charge < -0.3 is 10.2 Å². The van der Waals surface area contributed by atoms with E-state index in [9.17, 15) is 4.79 Å². The van der Waals surface area contributed by atoms with E-state index in [0.717, 1.165) is 36.2 Å². The average molecular weight is 306 g/mol. The standard InChI is InChI=1S/C20H22N2O/c1-22(2)14-15-7-11-19(12-8-15)21-20(23)18-10-9-16-5-3-4-6-17(16)13-18/h3-8,11-13H,9-10,14H2,1-2H3,(H,21,23). The van der Waals surface area contributed by atoms with Crippen molar-refractivity contribution in [1.82, 2.24) is 4.90 Å². The van der Waals surface area contributed by atoms with Crippen molar-refractivity contribution in [3.05, 3.63) is 70.8 Å². The van der Waals surface area contributed by atoms with Crippen molar-refractivity contribution in [3.8, 4) is 0 Å². The minimum Gasteiger partial charge on any atom is -0.322 e. The maximum absolute atomic E-state index is 12.5. The third-order valence-electron chi connectivity index (χ3n) is 4.05. The van der Waals surface area contributed by atoms with Gasteiger partial charge >= 0.3 is 0 Å². The molecule has 3 rings (SSSR count). The quantitative estimate of drug-likeness (QED) is 0.934. The Kier molecular flexibility index (Phi) is 4.58. The molecule has 0 saturated heterocycles. The summed E-state index contributed by atoms with van der Waals surface area (Å²) >= 11 is 0. The molecule has 0 aliphatic heterocycles. The molecular weight excluding hydrogens is 284 g/mol. The van der Waals surface area contributed by atoms with Gasteiger partial charge in [0.05, 0.1) is 0 Å². The first-order chi connectivity index (χ1) is 11.1. The number of benzene rings is 2. The van der Waals surface area contributed by atoms with Gasteiger partial charge in [-0.15, -0.1) is 0 Å². The number of hydrogen-bond acceptors (Lipinski definition) is 2. The van der Waals surface area contributed by atoms with Crippen molar-refractivity contribution in [1.29, 1.82) is 0 Å². The van der Waals surface area contributed by atoms with E-state index in [-0.39, 0.29) is 5.91 Å². The molecule has 0 saturated carbocycles. The molecular formula is C20H22N2O. The van der Waals surface area contributed by atoms with Crippen LogP contribution in [-0.4, -0.2) is 24.9 Å². The SMILES string of the molecule is CN(C)Cc1ccc(NC(=O)C2=Cc3ccccc3CC2)cc1. The summed E-state index contributed by atoms with van der Waals surface area (Å²) in [6.45, 7) is 0.899. The van der Waals surface area contributed by atoms with Crippen molar-refractivity contribution < 1.29 is 4.79 Å². The number of anilines is 1. The summed E-state index contributed by atoms with van der Waals surface area (Å²) in [6, 6.07) is 16.3. The van der Waals surface area contributed by atoms with Gasteiger partial charge in [-0.3, -0.25) is 4.79 Å². The van der Waals surface area contributed by atoms with Crippen LogP contribution in [0.5, 0.6) is 0 Å². The van der Waals surface area contributed by atoms with Crippen molar-refractivity contribution >= 4 is 17.7 Å². The van der Waals surface area contributed by atoms with Crippen molar-refractivity contribution in [3.63, 3.8) is 0 Å². The molecule has 1 amide bonds. The number of nitrogens with one attached hydrogen (secondary N) is 1. The van der Waals surface area contributed by atoms with Gasteiger partial charge in [0.15, 0.2) is 0 Å². The van der Waals surface area contributed by atoms with Gasteiger partial charge in [0.1, 0.15) is 0 Å². The van der Waals surface area contributed by atoms with Gasteiger partial charge in [0.25, 0.3) is 5.91 Å². The molecule has 3 heteroatoms. The van der Waals surface area contributed by atoms with Crippen LogP contribution in [0.3, 0.4) is 0 Å². The molecule has 1 N–H and O–H groups in total. The normalized spacial score (nSPS) is 13.4. The van der Waals surface area contributed by atoms with E-state index in [1.165, 1.54) is 11.1 Å². The molecule has 0 fully saturated rings. The molecule has 0 spiro atoms. The summed E-state index contributed by atoms with van der Waals surface area (Å²) in [5.74, 6) is -0.000127. The number of carbonyl (C=O) groups is 1. The smallest absolute Gasteiger partial charge is 0.251 e. The molecule has 118 valence electrons. The summed E-state index contributed by atoms with van der Waals surface area (Å²) in [4.78, 5) is 14.6. The lowest BCUT2D eigenvalue weighted by Gasteiger charge is -2.16. The first kappa shape index (κ1) is 15.5. The number of aryl methyl sites for hydroxylation is 1. The van der Waals surface area contributed by atoms with Crippen LogP contribution in [-0.2, 0) is 17.8 Å². The van der Waals surface area contributed by atoms with Crippen LogP contribution in [0.15, 0.2) is 54.1 Å². The largest absolute Gasteiger partial charge is 0.322 e. The van der Waals surface area contributed by atoms with Crippen LogP contribution in [0.4, 0.5) is 5.69 Å². The lowest BCUT2D eigenvalue weighted by Crippen LogP contribution is -2.17. The second kappa shape index (κ2) is 6.80. The van der Waals surface area contributed by atoms with Gasteiger partial charge in [-0.05, 0) is 61.8 Å². The minimum atomic E-state index is -0.000127. The summed E-state index contributed by atoms with van der Waals surface area (Å²) < 4.78 is 0. The molecule has 0 bridgehead atoms. The number of carbonyl (C=O) groups excluding carboxylic acids is 1. The molecule has 0 atom stereocenters. The average Bonchev–Trinajstić information content (AvgIpc) is 2.55. The Balaban J connectivity index is 1.69. The third kappa shape index (κ3) is 3.88. The Morgan fingerprint density at radius 2 is 1.78 bits per heavy atom. The maximum Gasteiger partial charge on any atom is 0.251 e. The van der Waals surface area contributed by atoms with Gasteiger partial charge in [-0.25, -0.2) is 0 Å². The number of hydrogen-bond donors (Lipinski definition) is 1. The Morgan fingerprint density at radius 3 is 2.52 bits per heavy atom. The van der Waals surface area contributed by atoms with E-state index in [0.29, 0.717) is 0 Å². The molecule has 23 heavy (non-hydrogen) atoms. The van der Waals surface area contributed by atoms with Crippen LogP contribution in [0.25, 0.3) is 6.08 Å².